The number of amides is 1. The van der Waals surface area contributed by atoms with Crippen molar-refractivity contribution in [1.29, 1.82) is 0 Å². The summed E-state index contributed by atoms with van der Waals surface area (Å²) in [4.78, 5) is 38.3. The van der Waals surface area contributed by atoms with Gasteiger partial charge in [0.1, 0.15) is 17.3 Å². The number of piperidine rings is 1. The fraction of sp³-hybridized carbons (Fsp3) is 0.500. The van der Waals surface area contributed by atoms with Crippen molar-refractivity contribution in [2.75, 3.05) is 6.54 Å². The predicted octanol–water partition coefficient (Wildman–Crippen LogP) is 0.787. The Morgan fingerprint density at radius 2 is 2.03 bits per heavy atom. The molecule has 14 heteroatoms. The summed E-state index contributed by atoms with van der Waals surface area (Å²) in [5.41, 5.74) is 0.455. The maximum Gasteiger partial charge on any atom is 0.356 e. The number of aliphatic hydroxyl groups is 1. The van der Waals surface area contributed by atoms with Crippen molar-refractivity contribution < 1.29 is 32.8 Å². The van der Waals surface area contributed by atoms with Crippen LogP contribution in [0.15, 0.2) is 34.9 Å². The number of esters is 1. The largest absolute Gasteiger partial charge is 0.456 e. The van der Waals surface area contributed by atoms with Gasteiger partial charge in [0.15, 0.2) is 0 Å². The lowest BCUT2D eigenvalue weighted by atomic mass is 9.79. The van der Waals surface area contributed by atoms with Crippen LogP contribution in [0.1, 0.15) is 32.3 Å². The van der Waals surface area contributed by atoms with Gasteiger partial charge in [-0.05, 0) is 37.5 Å². The lowest BCUT2D eigenvalue weighted by Crippen LogP contribution is -2.63. The maximum atomic E-state index is 13.3. The fourth-order valence-electron chi connectivity index (χ4n) is 4.93. The topological polar surface area (TPSA) is 173 Å². The summed E-state index contributed by atoms with van der Waals surface area (Å²) >= 11 is 1.18. The lowest BCUT2D eigenvalue weighted by Gasteiger charge is -2.46. The molecule has 3 heterocycles. The first-order chi connectivity index (χ1) is 17.0. The van der Waals surface area contributed by atoms with Crippen LogP contribution in [0.4, 0.5) is 5.69 Å². The third-order valence-corrected chi connectivity index (χ3v) is 9.26. The molecular weight excluding hydrogens is 512 g/mol. The van der Waals surface area contributed by atoms with Crippen molar-refractivity contribution in [3.63, 3.8) is 0 Å². The van der Waals surface area contributed by atoms with Crippen LogP contribution in [-0.4, -0.2) is 69.2 Å². The fourth-order valence-corrected chi connectivity index (χ4v) is 7.40. The summed E-state index contributed by atoms with van der Waals surface area (Å²) in [6.07, 6.45) is 0.244. The van der Waals surface area contributed by atoms with E-state index < -0.39 is 50.4 Å². The molecule has 0 aliphatic carbocycles. The molecule has 1 aromatic rings. The number of non-ortho nitro benzene ring substituents is 1. The number of nitro benzene ring substituents is 1. The zero-order valence-corrected chi connectivity index (χ0v) is 21.2. The second-order valence-corrected chi connectivity index (χ2v) is 11.1. The molecule has 0 saturated carbocycles. The Bertz CT molecular complexity index is 1250. The lowest BCUT2D eigenvalue weighted by molar-refractivity contribution is -0.384. The third kappa shape index (κ3) is 4.66. The number of carbonyl (C=O) groups is 2. The van der Waals surface area contributed by atoms with E-state index in [2.05, 4.69) is 0 Å². The van der Waals surface area contributed by atoms with Crippen LogP contribution in [0.5, 0.6) is 0 Å². The molecule has 2 fully saturated rings. The van der Waals surface area contributed by atoms with Crippen molar-refractivity contribution in [3.05, 3.63) is 50.5 Å². The van der Waals surface area contributed by atoms with E-state index in [1.165, 1.54) is 52.9 Å². The van der Waals surface area contributed by atoms with Gasteiger partial charge in [0, 0.05) is 29.5 Å². The number of nitro groups is 1. The monoisotopic (exact) mass is 538 g/mol. The zero-order valence-electron chi connectivity index (χ0n) is 19.6. The first kappa shape index (κ1) is 26.3. The number of fused-ring (bicyclic) bond motifs is 1. The van der Waals surface area contributed by atoms with Crippen molar-refractivity contribution >= 4 is 44.6 Å². The first-order valence-electron chi connectivity index (χ1n) is 11.3. The summed E-state index contributed by atoms with van der Waals surface area (Å²) in [6.45, 7) is 3.55. The van der Waals surface area contributed by atoms with Crippen LogP contribution in [0.2, 0.25) is 0 Å². The van der Waals surface area contributed by atoms with Crippen LogP contribution in [-0.2, 0) is 31.2 Å². The van der Waals surface area contributed by atoms with Crippen LogP contribution < -0.4 is 5.84 Å². The number of aliphatic hydroxyl groups excluding tert-OH is 1. The van der Waals surface area contributed by atoms with E-state index in [4.69, 9.17) is 10.6 Å². The summed E-state index contributed by atoms with van der Waals surface area (Å²) in [6, 6.07) is 5.07. The van der Waals surface area contributed by atoms with Gasteiger partial charge in [-0.25, -0.2) is 9.80 Å². The van der Waals surface area contributed by atoms with Gasteiger partial charge in [-0.3, -0.25) is 20.8 Å². The molecule has 3 N–H and O–H groups in total. The highest BCUT2D eigenvalue weighted by atomic mass is 32.2. The Labute approximate surface area is 212 Å². The van der Waals surface area contributed by atoms with Crippen LogP contribution in [0, 0.1) is 22.0 Å². The summed E-state index contributed by atoms with van der Waals surface area (Å²) in [5.74, 6) is 3.70. The van der Waals surface area contributed by atoms with Gasteiger partial charge in [-0.2, -0.15) is 8.42 Å². The number of hydrazine groups is 1. The van der Waals surface area contributed by atoms with E-state index in [-0.39, 0.29) is 28.9 Å². The first-order valence-corrected chi connectivity index (χ1v) is 13.3. The Kier molecular flexibility index (Phi) is 7.52. The Balaban J connectivity index is 1.63. The molecule has 0 spiro atoms. The molecule has 1 amide bonds. The number of nitrogens with zero attached hydrogens (tertiary/aromatic N) is 3. The van der Waals surface area contributed by atoms with Gasteiger partial charge in [0.05, 0.1) is 28.2 Å². The minimum Gasteiger partial charge on any atom is -0.456 e. The number of nitrogens with two attached hydrogens (primary N) is 1. The van der Waals surface area contributed by atoms with Gasteiger partial charge in [-0.1, -0.05) is 6.92 Å². The second-order valence-electron chi connectivity index (χ2n) is 8.98. The molecule has 0 radical (unpaired) electrons. The zero-order chi connectivity index (χ0) is 26.3. The average molecular weight is 539 g/mol. The number of rotatable bonds is 7. The molecule has 1 unspecified atom stereocenters. The van der Waals surface area contributed by atoms with E-state index in [0.29, 0.717) is 29.9 Å². The second kappa shape index (κ2) is 10.3. The molecule has 194 valence electrons. The standard InChI is InChI=1S/C22H26N4O8S2/c1-11-17-16(12(2)27)20(28)25(17)18(19(11)35-15-4-3-9-24(23)21(15)36(32)33)22(29)34-10-13-5-7-14(8-6-13)26(30)31/h5-8,11-12,15-17,27H,3-4,9-10,23H2,1-2H3/t11-,12-,15?,16-,17-/m1/s1. The number of carbonyl (C=O) groups excluding carboxylic acids is 2. The molecule has 3 aliphatic heterocycles. The smallest absolute Gasteiger partial charge is 0.356 e. The molecule has 0 bridgehead atoms. The Morgan fingerprint density at radius 3 is 2.61 bits per heavy atom. The molecule has 0 aromatic heterocycles. The van der Waals surface area contributed by atoms with E-state index in [1.807, 2.05) is 6.92 Å². The average Bonchev–Trinajstić information content (AvgIpc) is 3.05. The summed E-state index contributed by atoms with van der Waals surface area (Å²) in [5, 5.41) is 21.7. The van der Waals surface area contributed by atoms with E-state index >= 15 is 0 Å². The van der Waals surface area contributed by atoms with E-state index in [0.717, 1.165) is 0 Å². The Morgan fingerprint density at radius 1 is 1.36 bits per heavy atom. The van der Waals surface area contributed by atoms with Gasteiger partial charge < -0.3 is 14.7 Å². The highest BCUT2D eigenvalue weighted by Crippen LogP contribution is 2.52. The number of thioether (sulfide) groups is 1. The Hall–Kier alpha value is -2.78. The van der Waals surface area contributed by atoms with Crippen molar-refractivity contribution in [1.82, 2.24) is 9.91 Å². The molecular formula is C22H26N4O8S2. The minimum absolute atomic E-state index is 0.0252. The number of benzene rings is 1. The van der Waals surface area contributed by atoms with Crippen LogP contribution in [0.25, 0.3) is 0 Å². The molecule has 1 aromatic carbocycles. The minimum atomic E-state index is -2.56. The maximum absolute atomic E-state index is 13.3. The van der Waals surface area contributed by atoms with E-state index in [9.17, 15) is 33.2 Å². The molecule has 5 atom stereocenters. The number of β-lactam (4-membered cyclic amide) rings is 1. The van der Waals surface area contributed by atoms with Crippen LogP contribution in [0.3, 0.4) is 0 Å². The molecule has 2 saturated heterocycles. The van der Waals surface area contributed by atoms with Crippen molar-refractivity contribution in [3.8, 4) is 0 Å². The number of ether oxygens (including phenoxy) is 1. The van der Waals surface area contributed by atoms with Crippen LogP contribution >= 0.6 is 11.8 Å². The summed E-state index contributed by atoms with van der Waals surface area (Å²) < 4.78 is 29.2. The van der Waals surface area contributed by atoms with Gasteiger partial charge in [-0.15, -0.1) is 11.8 Å². The molecule has 4 rings (SSSR count). The van der Waals surface area contributed by atoms with Crippen molar-refractivity contribution in [2.24, 2.45) is 17.7 Å². The quantitative estimate of drug-likeness (QED) is 0.125. The van der Waals surface area contributed by atoms with Crippen molar-refractivity contribution in [2.45, 2.75) is 50.7 Å². The third-order valence-electron chi connectivity index (χ3n) is 6.68. The molecule has 3 aliphatic rings. The number of hydrogen-bond acceptors (Lipinski definition) is 10. The highest BCUT2D eigenvalue weighted by Gasteiger charge is 2.60. The molecule has 36 heavy (non-hydrogen) atoms. The normalized spacial score (nSPS) is 26.9. The van der Waals surface area contributed by atoms with Gasteiger partial charge >= 0.3 is 5.97 Å². The van der Waals surface area contributed by atoms with Gasteiger partial charge in [0.25, 0.3) is 5.69 Å². The summed E-state index contributed by atoms with van der Waals surface area (Å²) in [7, 11) is -2.56. The molecule has 12 nitrogen and oxygen atoms in total. The SMILES string of the molecule is C[C@@H](O)[C@H]1C(=O)N2C(C(=O)OCc3ccc([N+](=O)[O-])cc3)=C(SC3CCCN(N)C3=S(=O)=O)[C@H](C)[C@H]12. The van der Waals surface area contributed by atoms with E-state index in [1.54, 1.807) is 0 Å². The highest BCUT2D eigenvalue weighted by molar-refractivity contribution is 8.05. The predicted molar refractivity (Wildman–Crippen MR) is 130 cm³/mol. The number of hydrogen-bond donors (Lipinski definition) is 2. The van der Waals surface area contributed by atoms with Gasteiger partial charge in [0.2, 0.25) is 16.2 Å².